The predicted molar refractivity (Wildman–Crippen MR) is 88.7 cm³/mol. The van der Waals surface area contributed by atoms with E-state index in [1.54, 1.807) is 12.1 Å². The zero-order valence-corrected chi connectivity index (χ0v) is 14.5. The van der Waals surface area contributed by atoms with Crippen molar-refractivity contribution in [3.8, 4) is 6.07 Å². The Labute approximate surface area is 139 Å². The van der Waals surface area contributed by atoms with Crippen LogP contribution in [0.2, 0.25) is 0 Å². The van der Waals surface area contributed by atoms with Crippen LogP contribution in [0.5, 0.6) is 0 Å². The number of nitriles is 1. The lowest BCUT2D eigenvalue weighted by molar-refractivity contribution is 0.0475. The molecule has 0 spiro atoms. The number of hydrogen-bond acceptors (Lipinski definition) is 4. The summed E-state index contributed by atoms with van der Waals surface area (Å²) in [5.74, 6) is 0. The van der Waals surface area contributed by atoms with E-state index in [0.717, 1.165) is 23.0 Å². The Hall–Kier alpha value is -1.74. The van der Waals surface area contributed by atoms with Gasteiger partial charge in [0, 0.05) is 22.2 Å². The summed E-state index contributed by atoms with van der Waals surface area (Å²) in [5.41, 5.74) is 1.11. The molecule has 1 aliphatic carbocycles. The van der Waals surface area contributed by atoms with Crippen molar-refractivity contribution < 1.29 is 9.53 Å². The Morgan fingerprint density at radius 3 is 2.59 bits per heavy atom. The van der Waals surface area contributed by atoms with Gasteiger partial charge in [-0.1, -0.05) is 0 Å². The third kappa shape index (κ3) is 4.63. The van der Waals surface area contributed by atoms with Crippen molar-refractivity contribution in [2.24, 2.45) is 0 Å². The average Bonchev–Trinajstić information content (AvgIpc) is 2.35. The highest BCUT2D eigenvalue weighted by Crippen LogP contribution is 2.29. The van der Waals surface area contributed by atoms with E-state index in [1.165, 1.54) is 0 Å². The minimum Gasteiger partial charge on any atom is -0.444 e. The minimum absolute atomic E-state index is 0.143. The van der Waals surface area contributed by atoms with Crippen molar-refractivity contribution in [3.63, 3.8) is 0 Å². The van der Waals surface area contributed by atoms with Gasteiger partial charge in [0.25, 0.3) is 0 Å². The van der Waals surface area contributed by atoms with E-state index in [2.05, 4.69) is 32.6 Å². The summed E-state index contributed by atoms with van der Waals surface area (Å²) in [6.45, 7) is 5.54. The van der Waals surface area contributed by atoms with Gasteiger partial charge in [-0.05, 0) is 67.7 Å². The van der Waals surface area contributed by atoms with E-state index in [9.17, 15) is 4.79 Å². The SMILES string of the molecule is CC(C)(C)OC(=O)NC1CC(Nc2ccc(C#N)cc2Br)C1. The number of hydrogen-bond donors (Lipinski definition) is 2. The van der Waals surface area contributed by atoms with E-state index >= 15 is 0 Å². The number of alkyl carbamates (subject to hydrolysis) is 1. The van der Waals surface area contributed by atoms with E-state index in [0.29, 0.717) is 11.6 Å². The molecule has 2 rings (SSSR count). The number of benzene rings is 1. The first kappa shape index (κ1) is 16.6. The normalized spacial score (nSPS) is 20.5. The van der Waals surface area contributed by atoms with Gasteiger partial charge in [-0.2, -0.15) is 5.26 Å². The summed E-state index contributed by atoms with van der Waals surface area (Å²) in [4.78, 5) is 11.7. The molecule has 118 valence electrons. The van der Waals surface area contributed by atoms with Gasteiger partial charge in [0.05, 0.1) is 11.6 Å². The quantitative estimate of drug-likeness (QED) is 0.854. The fraction of sp³-hybridized carbons (Fsp3) is 0.500. The summed E-state index contributed by atoms with van der Waals surface area (Å²) in [6.07, 6.45) is 1.34. The molecule has 5 nitrogen and oxygen atoms in total. The van der Waals surface area contributed by atoms with E-state index in [-0.39, 0.29) is 12.1 Å². The molecular weight excluding hydrogens is 346 g/mol. The summed E-state index contributed by atoms with van der Waals surface area (Å²) < 4.78 is 6.10. The molecule has 1 amide bonds. The molecule has 1 aromatic carbocycles. The molecule has 0 heterocycles. The van der Waals surface area contributed by atoms with Crippen LogP contribution in [-0.2, 0) is 4.74 Å². The summed E-state index contributed by atoms with van der Waals surface area (Å²) in [5, 5.41) is 15.1. The number of carbonyl (C=O) groups is 1. The highest BCUT2D eigenvalue weighted by Gasteiger charge is 2.31. The van der Waals surface area contributed by atoms with E-state index < -0.39 is 5.60 Å². The summed E-state index contributed by atoms with van der Waals surface area (Å²) in [6, 6.07) is 8.01. The number of rotatable bonds is 3. The third-order valence-corrected chi connectivity index (χ3v) is 3.97. The van der Waals surface area contributed by atoms with Crippen LogP contribution in [0.4, 0.5) is 10.5 Å². The molecular formula is C16H20BrN3O2. The molecule has 0 atom stereocenters. The first-order valence-electron chi connectivity index (χ1n) is 7.22. The first-order valence-corrected chi connectivity index (χ1v) is 8.02. The summed E-state index contributed by atoms with van der Waals surface area (Å²) >= 11 is 3.45. The van der Waals surface area contributed by atoms with Gasteiger partial charge < -0.3 is 15.4 Å². The predicted octanol–water partition coefficient (Wildman–Crippen LogP) is 3.79. The standard InChI is InChI=1S/C16H20BrN3O2/c1-16(2,3)22-15(21)20-12-7-11(8-12)19-14-5-4-10(9-18)6-13(14)17/h4-6,11-12,19H,7-8H2,1-3H3,(H,20,21). The second-order valence-corrected chi connectivity index (χ2v) is 7.32. The maximum Gasteiger partial charge on any atom is 0.407 e. The molecule has 0 unspecified atom stereocenters. The van der Waals surface area contributed by atoms with Crippen LogP contribution in [0, 0.1) is 11.3 Å². The second kappa shape index (κ2) is 6.57. The van der Waals surface area contributed by atoms with Crippen molar-refractivity contribution in [2.75, 3.05) is 5.32 Å². The first-order chi connectivity index (χ1) is 10.3. The van der Waals surface area contributed by atoms with Gasteiger partial charge in [0.1, 0.15) is 5.60 Å². The Morgan fingerprint density at radius 2 is 2.05 bits per heavy atom. The van der Waals surface area contributed by atoms with Crippen LogP contribution in [0.3, 0.4) is 0 Å². The highest BCUT2D eigenvalue weighted by atomic mass is 79.9. The molecule has 0 saturated heterocycles. The Bertz CT molecular complexity index is 598. The van der Waals surface area contributed by atoms with Gasteiger partial charge in [0.15, 0.2) is 0 Å². The van der Waals surface area contributed by atoms with Gasteiger partial charge in [-0.3, -0.25) is 0 Å². The molecule has 1 fully saturated rings. The Balaban J connectivity index is 1.78. The van der Waals surface area contributed by atoms with Gasteiger partial charge in [0.2, 0.25) is 0 Å². The molecule has 1 saturated carbocycles. The summed E-state index contributed by atoms with van der Waals surface area (Å²) in [7, 11) is 0. The largest absolute Gasteiger partial charge is 0.444 e. The molecule has 0 radical (unpaired) electrons. The molecule has 6 heteroatoms. The lowest BCUT2D eigenvalue weighted by Gasteiger charge is -2.37. The number of amides is 1. The van der Waals surface area contributed by atoms with Gasteiger partial charge >= 0.3 is 6.09 Å². The van der Waals surface area contributed by atoms with Crippen LogP contribution in [0.25, 0.3) is 0 Å². The number of ether oxygens (including phenoxy) is 1. The monoisotopic (exact) mass is 365 g/mol. The lowest BCUT2D eigenvalue weighted by Crippen LogP contribution is -2.50. The molecule has 0 aromatic heterocycles. The number of anilines is 1. The molecule has 1 aromatic rings. The van der Waals surface area contributed by atoms with Crippen molar-refractivity contribution in [3.05, 3.63) is 28.2 Å². The fourth-order valence-corrected chi connectivity index (χ4v) is 2.74. The van der Waals surface area contributed by atoms with Crippen LogP contribution < -0.4 is 10.6 Å². The molecule has 22 heavy (non-hydrogen) atoms. The fourth-order valence-electron chi connectivity index (χ4n) is 2.25. The zero-order chi connectivity index (χ0) is 16.3. The third-order valence-electron chi connectivity index (χ3n) is 3.32. The maximum absolute atomic E-state index is 11.7. The van der Waals surface area contributed by atoms with Crippen molar-refractivity contribution in [2.45, 2.75) is 51.3 Å². The van der Waals surface area contributed by atoms with Crippen LogP contribution in [0.15, 0.2) is 22.7 Å². The Kier molecular flexibility index (Phi) is 4.97. The number of nitrogens with zero attached hydrogens (tertiary/aromatic N) is 1. The smallest absolute Gasteiger partial charge is 0.407 e. The molecule has 0 aliphatic heterocycles. The van der Waals surface area contributed by atoms with E-state index in [1.807, 2.05) is 26.8 Å². The van der Waals surface area contributed by atoms with Crippen LogP contribution >= 0.6 is 15.9 Å². The van der Waals surface area contributed by atoms with Crippen molar-refractivity contribution in [1.29, 1.82) is 5.26 Å². The number of halogens is 1. The molecule has 1 aliphatic rings. The van der Waals surface area contributed by atoms with E-state index in [4.69, 9.17) is 10.00 Å². The van der Waals surface area contributed by atoms with Crippen LogP contribution in [0.1, 0.15) is 39.2 Å². The molecule has 0 bridgehead atoms. The van der Waals surface area contributed by atoms with Gasteiger partial charge in [-0.25, -0.2) is 4.79 Å². The zero-order valence-electron chi connectivity index (χ0n) is 12.9. The highest BCUT2D eigenvalue weighted by molar-refractivity contribution is 9.10. The maximum atomic E-state index is 11.7. The topological polar surface area (TPSA) is 74.2 Å². The lowest BCUT2D eigenvalue weighted by atomic mass is 9.86. The number of nitrogens with one attached hydrogen (secondary N) is 2. The average molecular weight is 366 g/mol. The molecule has 2 N–H and O–H groups in total. The second-order valence-electron chi connectivity index (χ2n) is 6.46. The minimum atomic E-state index is -0.473. The number of carbonyl (C=O) groups excluding carboxylic acids is 1. The van der Waals surface area contributed by atoms with Crippen molar-refractivity contribution in [1.82, 2.24) is 5.32 Å². The Morgan fingerprint density at radius 1 is 1.36 bits per heavy atom. The van der Waals surface area contributed by atoms with Crippen LogP contribution in [-0.4, -0.2) is 23.8 Å². The van der Waals surface area contributed by atoms with Gasteiger partial charge in [-0.15, -0.1) is 0 Å². The van der Waals surface area contributed by atoms with Crippen molar-refractivity contribution >= 4 is 27.7 Å².